The summed E-state index contributed by atoms with van der Waals surface area (Å²) >= 11 is 0. The van der Waals surface area contributed by atoms with Gasteiger partial charge in [-0.3, -0.25) is 9.36 Å². The van der Waals surface area contributed by atoms with Gasteiger partial charge in [-0.05, 0) is 51.0 Å². The molecule has 0 aliphatic heterocycles. The molecule has 2 heterocycles. The van der Waals surface area contributed by atoms with E-state index >= 15 is 0 Å². The number of carbonyl (C=O) groups excluding carboxylic acids is 3. The quantitative estimate of drug-likeness (QED) is 0.0804. The average Bonchev–Trinajstić information content (AvgIpc) is 3.50. The Hall–Kier alpha value is -5.05. The van der Waals surface area contributed by atoms with Crippen molar-refractivity contribution in [2.45, 2.75) is 71.6 Å². The molecule has 0 fully saturated rings. The standard InChI is InChI=1S/C33H42N7O9P/c1-21(2)48-31(41)23(4)39-50(44,20-47-22(3)16-40-19-37-28-29(34)35-18-36-30(28)40)49-26-13-11-24(12-14-26)15-27(32(42)45-5)38-33(43)46-17-25-9-7-6-8-10-25/h6-14,18-19,21-23,27H,15-17,20H2,1-5H3,(H,38,43)(H,39,44)(H2,34,35,36)/t22-,23+,27+,50-/m1/s1. The van der Waals surface area contributed by atoms with Gasteiger partial charge in [0.2, 0.25) is 0 Å². The number of carbonyl (C=O) groups is 3. The van der Waals surface area contributed by atoms with Crippen LogP contribution in [0.4, 0.5) is 10.6 Å². The number of nitrogens with two attached hydrogens (primary N) is 1. The smallest absolute Gasteiger partial charge is 0.408 e. The van der Waals surface area contributed by atoms with Crippen molar-refractivity contribution in [3.05, 3.63) is 78.4 Å². The Balaban J connectivity index is 1.42. The molecule has 268 valence electrons. The number of esters is 2. The number of benzene rings is 2. The number of nitrogen functional groups attached to an aromatic ring is 1. The fourth-order valence-corrected chi connectivity index (χ4v) is 6.48. The van der Waals surface area contributed by atoms with Gasteiger partial charge in [0.25, 0.3) is 0 Å². The van der Waals surface area contributed by atoms with Crippen molar-refractivity contribution in [2.75, 3.05) is 19.2 Å². The third-order valence-corrected chi connectivity index (χ3v) is 8.89. The summed E-state index contributed by atoms with van der Waals surface area (Å²) in [6.45, 7) is 7.02. The van der Waals surface area contributed by atoms with Gasteiger partial charge in [-0.15, -0.1) is 0 Å². The lowest BCUT2D eigenvalue weighted by atomic mass is 10.1. The number of anilines is 1. The van der Waals surface area contributed by atoms with Gasteiger partial charge >= 0.3 is 25.6 Å². The maximum Gasteiger partial charge on any atom is 0.408 e. The lowest BCUT2D eigenvalue weighted by molar-refractivity contribution is -0.149. The van der Waals surface area contributed by atoms with E-state index in [0.717, 1.165) is 5.56 Å². The second-order valence-electron chi connectivity index (χ2n) is 11.7. The highest BCUT2D eigenvalue weighted by atomic mass is 31.2. The highest BCUT2D eigenvalue weighted by Crippen LogP contribution is 2.44. The number of hydrogen-bond acceptors (Lipinski definition) is 13. The molecule has 16 nitrogen and oxygen atoms in total. The van der Waals surface area contributed by atoms with E-state index in [1.165, 1.54) is 20.4 Å². The Morgan fingerprint density at radius 3 is 2.34 bits per heavy atom. The number of methoxy groups -OCH3 is 1. The van der Waals surface area contributed by atoms with Crippen LogP contribution >= 0.6 is 7.52 Å². The molecule has 4 atom stereocenters. The Labute approximate surface area is 289 Å². The molecule has 0 aliphatic rings. The molecule has 0 radical (unpaired) electrons. The van der Waals surface area contributed by atoms with E-state index < -0.39 is 50.1 Å². The number of aromatic nitrogens is 4. The zero-order valence-corrected chi connectivity index (χ0v) is 29.4. The second-order valence-corrected chi connectivity index (χ2v) is 13.7. The van der Waals surface area contributed by atoms with Crippen LogP contribution in [0.1, 0.15) is 38.8 Å². The van der Waals surface area contributed by atoms with E-state index in [1.54, 1.807) is 55.9 Å². The summed E-state index contributed by atoms with van der Waals surface area (Å²) in [5, 5.41) is 5.31. The molecule has 4 aromatic rings. The first-order valence-electron chi connectivity index (χ1n) is 15.8. The van der Waals surface area contributed by atoms with E-state index in [-0.39, 0.29) is 30.7 Å². The van der Waals surface area contributed by atoms with Crippen LogP contribution in [0, 0.1) is 0 Å². The second kappa shape index (κ2) is 17.6. The summed E-state index contributed by atoms with van der Waals surface area (Å²) in [4.78, 5) is 50.0. The van der Waals surface area contributed by atoms with Crippen molar-refractivity contribution in [3.63, 3.8) is 0 Å². The molecule has 0 aliphatic carbocycles. The number of nitrogens with zero attached hydrogens (tertiary/aromatic N) is 4. The van der Waals surface area contributed by atoms with Crippen LogP contribution in [0.3, 0.4) is 0 Å². The number of ether oxygens (including phenoxy) is 4. The molecule has 0 spiro atoms. The topological polar surface area (TPSA) is 208 Å². The minimum atomic E-state index is -3.90. The van der Waals surface area contributed by atoms with Gasteiger partial charge < -0.3 is 39.1 Å². The third kappa shape index (κ3) is 11.0. The van der Waals surface area contributed by atoms with Gasteiger partial charge in [-0.25, -0.2) is 29.6 Å². The fourth-order valence-electron chi connectivity index (χ4n) is 4.69. The van der Waals surface area contributed by atoms with Gasteiger partial charge in [-0.1, -0.05) is 42.5 Å². The molecule has 1 amide bonds. The number of nitrogens with one attached hydrogen (secondary N) is 2. The lowest BCUT2D eigenvalue weighted by Crippen LogP contribution is -2.43. The minimum absolute atomic E-state index is 0.0293. The summed E-state index contributed by atoms with van der Waals surface area (Å²) in [7, 11) is -2.68. The first-order chi connectivity index (χ1) is 23.9. The third-order valence-electron chi connectivity index (χ3n) is 7.11. The molecular formula is C33H42N7O9P. The molecule has 0 bridgehead atoms. The summed E-state index contributed by atoms with van der Waals surface area (Å²) in [6.07, 6.45) is 0.902. The van der Waals surface area contributed by atoms with Crippen molar-refractivity contribution >= 4 is 42.5 Å². The van der Waals surface area contributed by atoms with Crippen LogP contribution in [-0.4, -0.2) is 75.3 Å². The Morgan fingerprint density at radius 1 is 0.940 bits per heavy atom. The van der Waals surface area contributed by atoms with Gasteiger partial charge in [0.15, 0.2) is 11.5 Å². The van der Waals surface area contributed by atoms with Gasteiger partial charge in [-0.2, -0.15) is 0 Å². The molecule has 50 heavy (non-hydrogen) atoms. The Morgan fingerprint density at radius 2 is 1.66 bits per heavy atom. The molecule has 2 aromatic carbocycles. The van der Waals surface area contributed by atoms with Gasteiger partial charge in [0.05, 0.1) is 32.2 Å². The molecule has 4 rings (SSSR count). The highest BCUT2D eigenvalue weighted by molar-refractivity contribution is 7.57. The van der Waals surface area contributed by atoms with E-state index in [0.29, 0.717) is 23.3 Å². The number of rotatable bonds is 17. The zero-order chi connectivity index (χ0) is 36.3. The molecule has 2 aromatic heterocycles. The van der Waals surface area contributed by atoms with Crippen molar-refractivity contribution < 1.29 is 42.4 Å². The molecule has 17 heteroatoms. The molecule has 0 unspecified atom stereocenters. The summed E-state index contributed by atoms with van der Waals surface area (Å²) < 4.78 is 43.2. The van der Waals surface area contributed by atoms with Crippen LogP contribution in [-0.2, 0) is 52.7 Å². The SMILES string of the molecule is COC(=O)[C@H](Cc1ccc(O[P@](=O)(CO[C@H](C)Cn2cnc3c(N)ncnc32)N[C@@H](C)C(=O)OC(C)C)cc1)NC(=O)OCc1ccccc1. The number of amides is 1. The van der Waals surface area contributed by atoms with E-state index in [1.807, 2.05) is 30.3 Å². The highest BCUT2D eigenvalue weighted by Gasteiger charge is 2.32. The maximum absolute atomic E-state index is 14.2. The Kier molecular flexibility index (Phi) is 13.3. The molecule has 0 saturated carbocycles. The Bertz CT molecular complexity index is 1790. The lowest BCUT2D eigenvalue weighted by Gasteiger charge is -2.25. The predicted molar refractivity (Wildman–Crippen MR) is 183 cm³/mol. The van der Waals surface area contributed by atoms with Crippen LogP contribution in [0.15, 0.2) is 67.3 Å². The summed E-state index contributed by atoms with van der Waals surface area (Å²) in [5.41, 5.74) is 8.29. The van der Waals surface area contributed by atoms with Crippen LogP contribution in [0.5, 0.6) is 5.75 Å². The van der Waals surface area contributed by atoms with E-state index in [2.05, 4.69) is 25.4 Å². The average molecular weight is 712 g/mol. The number of fused-ring (bicyclic) bond motifs is 1. The van der Waals surface area contributed by atoms with Crippen molar-refractivity contribution in [3.8, 4) is 5.75 Å². The molecular weight excluding hydrogens is 669 g/mol. The van der Waals surface area contributed by atoms with Crippen molar-refractivity contribution in [1.29, 1.82) is 0 Å². The molecule has 0 saturated heterocycles. The first kappa shape index (κ1) is 37.8. The normalized spacial score (nSPS) is 14.3. The molecule has 4 N–H and O–H groups in total. The fraction of sp³-hybridized carbons (Fsp3) is 0.394. The predicted octanol–water partition coefficient (Wildman–Crippen LogP) is 3.98. The van der Waals surface area contributed by atoms with Gasteiger partial charge in [0.1, 0.15) is 42.6 Å². The number of hydrogen-bond donors (Lipinski definition) is 3. The maximum atomic E-state index is 14.2. The number of alkyl carbamates (subject to hydrolysis) is 1. The zero-order valence-electron chi connectivity index (χ0n) is 28.5. The van der Waals surface area contributed by atoms with Crippen molar-refractivity contribution in [2.24, 2.45) is 0 Å². The number of imidazole rings is 1. The van der Waals surface area contributed by atoms with Crippen LogP contribution in [0.25, 0.3) is 11.2 Å². The monoisotopic (exact) mass is 711 g/mol. The summed E-state index contributed by atoms with van der Waals surface area (Å²) in [5.74, 6) is -0.833. The largest absolute Gasteiger partial charge is 0.467 e. The van der Waals surface area contributed by atoms with E-state index in [4.69, 9.17) is 29.2 Å². The van der Waals surface area contributed by atoms with Crippen LogP contribution in [0.2, 0.25) is 0 Å². The van der Waals surface area contributed by atoms with Crippen LogP contribution < -0.4 is 20.7 Å². The van der Waals surface area contributed by atoms with E-state index in [9.17, 15) is 18.9 Å². The summed E-state index contributed by atoms with van der Waals surface area (Å²) in [6, 6.07) is 13.5. The first-order valence-corrected chi connectivity index (χ1v) is 17.6. The van der Waals surface area contributed by atoms with Crippen molar-refractivity contribution in [1.82, 2.24) is 29.9 Å². The minimum Gasteiger partial charge on any atom is -0.467 e. The van der Waals surface area contributed by atoms with Gasteiger partial charge in [0, 0.05) is 6.42 Å².